The van der Waals surface area contributed by atoms with Gasteiger partial charge < -0.3 is 0 Å². The molecule has 3 heterocycles. The van der Waals surface area contributed by atoms with Crippen LogP contribution in [-0.4, -0.2) is 26.0 Å². The van der Waals surface area contributed by atoms with Crippen molar-refractivity contribution in [3.05, 3.63) is 54.0 Å². The van der Waals surface area contributed by atoms with Crippen LogP contribution in [0.5, 0.6) is 0 Å². The Morgan fingerprint density at radius 2 is 1.91 bits per heavy atom. The Labute approximate surface area is 134 Å². The van der Waals surface area contributed by atoms with Crippen molar-refractivity contribution in [2.24, 2.45) is 0 Å². The van der Waals surface area contributed by atoms with E-state index in [1.54, 1.807) is 0 Å². The van der Waals surface area contributed by atoms with Gasteiger partial charge in [-0.15, -0.1) is 0 Å². The number of benzene rings is 1. The summed E-state index contributed by atoms with van der Waals surface area (Å²) in [6.07, 6.45) is 4.28. The maximum Gasteiger partial charge on any atom is 0.164 e. The number of imidazole rings is 1. The summed E-state index contributed by atoms with van der Waals surface area (Å²) in [5.74, 6) is 4.18. The van der Waals surface area contributed by atoms with E-state index in [1.807, 2.05) is 12.3 Å². The Hall–Kier alpha value is -1.81. The van der Waals surface area contributed by atoms with Crippen molar-refractivity contribution < 1.29 is 0 Å². The van der Waals surface area contributed by atoms with Gasteiger partial charge in [0.1, 0.15) is 11.3 Å². The van der Waals surface area contributed by atoms with Gasteiger partial charge >= 0.3 is 0 Å². The SMILES string of the molecule is Cc1ccccc1-n1c(C2CCSCC2)nc2cccnc21. The molecule has 1 aliphatic rings. The number of fused-ring (bicyclic) bond motifs is 1. The van der Waals surface area contributed by atoms with Crippen LogP contribution in [0, 0.1) is 6.92 Å². The highest BCUT2D eigenvalue weighted by atomic mass is 32.2. The number of para-hydroxylation sites is 1. The zero-order chi connectivity index (χ0) is 14.9. The van der Waals surface area contributed by atoms with Crippen LogP contribution in [0.2, 0.25) is 0 Å². The van der Waals surface area contributed by atoms with Gasteiger partial charge in [0, 0.05) is 12.1 Å². The highest BCUT2D eigenvalue weighted by Gasteiger charge is 2.24. The average Bonchev–Trinajstić information content (AvgIpc) is 2.95. The van der Waals surface area contributed by atoms with Crippen molar-refractivity contribution >= 4 is 22.9 Å². The molecule has 112 valence electrons. The molecule has 3 nitrogen and oxygen atoms in total. The second kappa shape index (κ2) is 5.76. The second-order valence-corrected chi connectivity index (χ2v) is 7.05. The molecule has 22 heavy (non-hydrogen) atoms. The fourth-order valence-electron chi connectivity index (χ4n) is 3.21. The summed E-state index contributed by atoms with van der Waals surface area (Å²) in [5, 5.41) is 0. The molecule has 0 spiro atoms. The van der Waals surface area contributed by atoms with Crippen molar-refractivity contribution in [2.45, 2.75) is 25.7 Å². The predicted molar refractivity (Wildman–Crippen MR) is 92.9 cm³/mol. The summed E-state index contributed by atoms with van der Waals surface area (Å²) in [6, 6.07) is 12.5. The van der Waals surface area contributed by atoms with Crippen LogP contribution in [0.15, 0.2) is 42.6 Å². The summed E-state index contributed by atoms with van der Waals surface area (Å²) in [4.78, 5) is 9.55. The van der Waals surface area contributed by atoms with Gasteiger partial charge in [-0.1, -0.05) is 18.2 Å². The highest BCUT2D eigenvalue weighted by molar-refractivity contribution is 7.99. The van der Waals surface area contributed by atoms with E-state index in [1.165, 1.54) is 41.4 Å². The molecule has 0 N–H and O–H groups in total. The molecule has 2 aromatic heterocycles. The molecule has 1 saturated heterocycles. The third-order valence-corrected chi connectivity index (χ3v) is 5.43. The molecule has 0 saturated carbocycles. The molecule has 4 heteroatoms. The van der Waals surface area contributed by atoms with Crippen molar-refractivity contribution in [1.82, 2.24) is 14.5 Å². The highest BCUT2D eigenvalue weighted by Crippen LogP contribution is 2.34. The molecule has 0 aliphatic carbocycles. The lowest BCUT2D eigenvalue weighted by atomic mass is 10.0. The topological polar surface area (TPSA) is 30.7 Å². The summed E-state index contributed by atoms with van der Waals surface area (Å²) in [7, 11) is 0. The molecule has 0 bridgehead atoms. The minimum absolute atomic E-state index is 0.537. The molecule has 1 aliphatic heterocycles. The van der Waals surface area contributed by atoms with E-state index in [4.69, 9.17) is 4.98 Å². The molecule has 4 rings (SSSR count). The fourth-order valence-corrected chi connectivity index (χ4v) is 4.32. The van der Waals surface area contributed by atoms with Gasteiger partial charge in [0.15, 0.2) is 5.65 Å². The van der Waals surface area contributed by atoms with Gasteiger partial charge in [0.2, 0.25) is 0 Å². The number of hydrogen-bond donors (Lipinski definition) is 0. The van der Waals surface area contributed by atoms with Crippen LogP contribution in [0.3, 0.4) is 0 Å². The van der Waals surface area contributed by atoms with E-state index in [0.717, 1.165) is 11.2 Å². The first-order valence-electron chi connectivity index (χ1n) is 7.82. The molecular formula is C18H19N3S. The largest absolute Gasteiger partial charge is 0.280 e. The van der Waals surface area contributed by atoms with E-state index in [0.29, 0.717) is 5.92 Å². The third kappa shape index (κ3) is 2.31. The number of hydrogen-bond acceptors (Lipinski definition) is 3. The predicted octanol–water partition coefficient (Wildman–Crippen LogP) is 4.34. The molecule has 0 atom stereocenters. The number of aromatic nitrogens is 3. The first-order chi connectivity index (χ1) is 10.8. The number of pyridine rings is 1. The molecule has 1 aromatic carbocycles. The number of nitrogens with zero attached hydrogens (tertiary/aromatic N) is 3. The first-order valence-corrected chi connectivity index (χ1v) is 8.97. The summed E-state index contributed by atoms with van der Waals surface area (Å²) >= 11 is 2.05. The quantitative estimate of drug-likeness (QED) is 0.705. The fraction of sp³-hybridized carbons (Fsp3) is 0.333. The van der Waals surface area contributed by atoms with Gasteiger partial charge in [0.25, 0.3) is 0 Å². The minimum Gasteiger partial charge on any atom is -0.280 e. The zero-order valence-corrected chi connectivity index (χ0v) is 13.5. The Morgan fingerprint density at radius 3 is 2.73 bits per heavy atom. The normalized spacial score (nSPS) is 16.2. The molecule has 0 unspecified atom stereocenters. The van der Waals surface area contributed by atoms with Crippen molar-refractivity contribution in [1.29, 1.82) is 0 Å². The van der Waals surface area contributed by atoms with Crippen LogP contribution >= 0.6 is 11.8 Å². The average molecular weight is 309 g/mol. The zero-order valence-electron chi connectivity index (χ0n) is 12.7. The number of thioether (sulfide) groups is 1. The summed E-state index contributed by atoms with van der Waals surface area (Å²) < 4.78 is 2.28. The summed E-state index contributed by atoms with van der Waals surface area (Å²) in [6.45, 7) is 2.16. The molecule has 0 radical (unpaired) electrons. The smallest absolute Gasteiger partial charge is 0.164 e. The minimum atomic E-state index is 0.537. The monoisotopic (exact) mass is 309 g/mol. The first kappa shape index (κ1) is 13.8. The lowest BCUT2D eigenvalue weighted by Gasteiger charge is -2.22. The van der Waals surface area contributed by atoms with Gasteiger partial charge in [-0.05, 0) is 55.0 Å². The van der Waals surface area contributed by atoms with E-state index in [9.17, 15) is 0 Å². The van der Waals surface area contributed by atoms with E-state index in [-0.39, 0.29) is 0 Å². The van der Waals surface area contributed by atoms with Gasteiger partial charge in [-0.2, -0.15) is 11.8 Å². The van der Waals surface area contributed by atoms with Crippen molar-refractivity contribution in [2.75, 3.05) is 11.5 Å². The van der Waals surface area contributed by atoms with E-state index >= 15 is 0 Å². The molecule has 0 amide bonds. The molecule has 3 aromatic rings. The number of aryl methyl sites for hydroxylation is 1. The Bertz CT molecular complexity index is 803. The Morgan fingerprint density at radius 1 is 1.09 bits per heavy atom. The van der Waals surface area contributed by atoms with Crippen LogP contribution < -0.4 is 0 Å². The van der Waals surface area contributed by atoms with Gasteiger partial charge in [0.05, 0.1) is 5.69 Å². The third-order valence-electron chi connectivity index (χ3n) is 4.38. The second-order valence-electron chi connectivity index (χ2n) is 5.82. The molecule has 1 fully saturated rings. The van der Waals surface area contributed by atoms with Gasteiger partial charge in [-0.25, -0.2) is 9.97 Å². The van der Waals surface area contributed by atoms with E-state index < -0.39 is 0 Å². The van der Waals surface area contributed by atoms with Crippen LogP contribution in [0.25, 0.3) is 16.9 Å². The maximum absolute atomic E-state index is 4.95. The van der Waals surface area contributed by atoms with Crippen LogP contribution in [0.1, 0.15) is 30.1 Å². The lowest BCUT2D eigenvalue weighted by molar-refractivity contribution is 0.591. The maximum atomic E-state index is 4.95. The number of rotatable bonds is 2. The van der Waals surface area contributed by atoms with E-state index in [2.05, 4.69) is 58.6 Å². The standard InChI is InChI=1S/C18H19N3S/c1-13-5-2-3-7-16(13)21-17(14-8-11-22-12-9-14)20-15-6-4-10-19-18(15)21/h2-7,10,14H,8-9,11-12H2,1H3. The van der Waals surface area contributed by atoms with Crippen LogP contribution in [-0.2, 0) is 0 Å². The van der Waals surface area contributed by atoms with Crippen molar-refractivity contribution in [3.8, 4) is 5.69 Å². The Balaban J connectivity index is 1.96. The molecular weight excluding hydrogens is 290 g/mol. The Kier molecular flexibility index (Phi) is 3.62. The van der Waals surface area contributed by atoms with Crippen molar-refractivity contribution in [3.63, 3.8) is 0 Å². The van der Waals surface area contributed by atoms with Gasteiger partial charge in [-0.3, -0.25) is 4.57 Å². The lowest BCUT2D eigenvalue weighted by Crippen LogP contribution is -2.14. The van der Waals surface area contributed by atoms with Crippen LogP contribution in [0.4, 0.5) is 0 Å². The summed E-state index contributed by atoms with van der Waals surface area (Å²) in [5.41, 5.74) is 4.44.